The molecule has 0 aliphatic rings. The normalized spacial score (nSPS) is 10.4. The fourth-order valence-corrected chi connectivity index (χ4v) is 2.00. The van der Waals surface area contributed by atoms with Gasteiger partial charge in [0.05, 0.1) is 9.26 Å². The molecule has 1 aromatic heterocycles. The van der Waals surface area contributed by atoms with Gasteiger partial charge in [-0.1, -0.05) is 6.92 Å². The Hall–Kier alpha value is -0.590. The molecule has 1 heterocycles. The van der Waals surface area contributed by atoms with E-state index in [-0.39, 0.29) is 0 Å². The summed E-state index contributed by atoms with van der Waals surface area (Å²) in [7, 11) is 0. The van der Waals surface area contributed by atoms with E-state index in [2.05, 4.69) is 58.2 Å². The Kier molecular flexibility index (Phi) is 4.56. The first-order chi connectivity index (χ1) is 7.13. The van der Waals surface area contributed by atoms with Crippen LogP contribution in [0.1, 0.15) is 26.5 Å². The summed E-state index contributed by atoms with van der Waals surface area (Å²) in [6.45, 7) is 8.06. The first kappa shape index (κ1) is 12.5. The van der Waals surface area contributed by atoms with Gasteiger partial charge in [-0.25, -0.2) is 4.98 Å². The lowest BCUT2D eigenvalue weighted by atomic mass is 10.3. The van der Waals surface area contributed by atoms with Gasteiger partial charge >= 0.3 is 0 Å². The Bertz CT molecular complexity index is 336. The molecule has 0 atom stereocenters. The van der Waals surface area contributed by atoms with Crippen LogP contribution in [0.25, 0.3) is 0 Å². The molecule has 15 heavy (non-hydrogen) atoms. The highest BCUT2D eigenvalue weighted by atomic mass is 127. The van der Waals surface area contributed by atoms with E-state index >= 15 is 0 Å². The maximum absolute atomic E-state index is 5.86. The molecule has 5 heteroatoms. The largest absolute Gasteiger partial charge is 0.383 e. The molecule has 84 valence electrons. The molecule has 0 bridgehead atoms. The average Bonchev–Trinajstić information content (AvgIpc) is 2.24. The second-order valence-corrected chi connectivity index (χ2v) is 4.27. The van der Waals surface area contributed by atoms with Crippen LogP contribution in [0.3, 0.4) is 0 Å². The molecule has 0 aliphatic heterocycles. The first-order valence-corrected chi connectivity index (χ1v) is 6.28. The van der Waals surface area contributed by atoms with Crippen molar-refractivity contribution in [3.05, 3.63) is 9.26 Å². The molecule has 1 aromatic rings. The van der Waals surface area contributed by atoms with Crippen LogP contribution in [0, 0.1) is 3.57 Å². The standard InChI is InChI=1S/C10H17IN4/c1-4-7-8(11)9(12)14-10(13-7)15(5-2)6-3/h4-6H2,1-3H3,(H2,12,13,14). The van der Waals surface area contributed by atoms with Crippen LogP contribution >= 0.6 is 22.6 Å². The number of aryl methyl sites for hydroxylation is 1. The minimum atomic E-state index is 0.587. The molecule has 0 unspecified atom stereocenters. The summed E-state index contributed by atoms with van der Waals surface area (Å²) < 4.78 is 0.978. The van der Waals surface area contributed by atoms with Crippen molar-refractivity contribution in [1.82, 2.24) is 9.97 Å². The SMILES string of the molecule is CCc1nc(N(CC)CC)nc(N)c1I. The topological polar surface area (TPSA) is 55.0 Å². The number of rotatable bonds is 4. The number of aromatic nitrogens is 2. The lowest BCUT2D eigenvalue weighted by Crippen LogP contribution is -2.25. The fraction of sp³-hybridized carbons (Fsp3) is 0.600. The van der Waals surface area contributed by atoms with Gasteiger partial charge in [0.1, 0.15) is 5.82 Å². The minimum absolute atomic E-state index is 0.587. The average molecular weight is 320 g/mol. The van der Waals surface area contributed by atoms with Crippen LogP contribution in [0.2, 0.25) is 0 Å². The molecule has 1 rings (SSSR count). The third-order valence-electron chi connectivity index (χ3n) is 2.31. The molecule has 0 amide bonds. The number of hydrogen-bond donors (Lipinski definition) is 1. The van der Waals surface area contributed by atoms with Crippen LogP contribution in [-0.2, 0) is 6.42 Å². The summed E-state index contributed by atoms with van der Waals surface area (Å²) in [5, 5.41) is 0. The van der Waals surface area contributed by atoms with E-state index in [0.717, 1.165) is 34.7 Å². The molecule has 0 aliphatic carbocycles. The first-order valence-electron chi connectivity index (χ1n) is 5.20. The zero-order valence-corrected chi connectivity index (χ0v) is 11.6. The van der Waals surface area contributed by atoms with Gasteiger partial charge in [0.2, 0.25) is 5.95 Å². The fourth-order valence-electron chi connectivity index (χ4n) is 1.38. The van der Waals surface area contributed by atoms with Crippen LogP contribution in [0.5, 0.6) is 0 Å². The summed E-state index contributed by atoms with van der Waals surface area (Å²) in [6.07, 6.45) is 0.888. The van der Waals surface area contributed by atoms with Crippen molar-refractivity contribution in [3.63, 3.8) is 0 Å². The molecule has 0 radical (unpaired) electrons. The highest BCUT2D eigenvalue weighted by Gasteiger charge is 2.11. The van der Waals surface area contributed by atoms with Gasteiger partial charge in [-0.3, -0.25) is 0 Å². The number of nitrogens with two attached hydrogens (primary N) is 1. The maximum atomic E-state index is 5.86. The van der Waals surface area contributed by atoms with Gasteiger partial charge in [0.15, 0.2) is 0 Å². The van der Waals surface area contributed by atoms with E-state index in [9.17, 15) is 0 Å². The Labute approximate surface area is 104 Å². The predicted octanol–water partition coefficient (Wildman–Crippen LogP) is 2.07. The number of nitrogen functional groups attached to an aromatic ring is 1. The Morgan fingerprint density at radius 2 is 1.80 bits per heavy atom. The van der Waals surface area contributed by atoms with Gasteiger partial charge in [-0.05, 0) is 42.9 Å². The smallest absolute Gasteiger partial charge is 0.227 e. The van der Waals surface area contributed by atoms with Gasteiger partial charge in [0, 0.05) is 13.1 Å². The molecule has 0 saturated heterocycles. The third kappa shape index (κ3) is 2.70. The van der Waals surface area contributed by atoms with Crippen molar-refractivity contribution in [2.45, 2.75) is 27.2 Å². The van der Waals surface area contributed by atoms with Crippen molar-refractivity contribution in [1.29, 1.82) is 0 Å². The van der Waals surface area contributed by atoms with Gasteiger partial charge in [-0.15, -0.1) is 0 Å². The second kappa shape index (κ2) is 5.48. The van der Waals surface area contributed by atoms with Crippen LogP contribution in [-0.4, -0.2) is 23.1 Å². The zero-order valence-electron chi connectivity index (χ0n) is 9.42. The molecule has 4 nitrogen and oxygen atoms in total. The molecular weight excluding hydrogens is 303 g/mol. The van der Waals surface area contributed by atoms with Crippen molar-refractivity contribution < 1.29 is 0 Å². The van der Waals surface area contributed by atoms with E-state index < -0.39 is 0 Å². The van der Waals surface area contributed by atoms with E-state index in [0.29, 0.717) is 5.82 Å². The van der Waals surface area contributed by atoms with Gasteiger partial charge in [-0.2, -0.15) is 4.98 Å². The molecule has 0 fully saturated rings. The van der Waals surface area contributed by atoms with Crippen molar-refractivity contribution in [2.75, 3.05) is 23.7 Å². The van der Waals surface area contributed by atoms with E-state index in [1.54, 1.807) is 0 Å². The molecule has 0 saturated carbocycles. The van der Waals surface area contributed by atoms with Crippen molar-refractivity contribution in [3.8, 4) is 0 Å². The lowest BCUT2D eigenvalue weighted by molar-refractivity contribution is 0.809. The predicted molar refractivity (Wildman–Crippen MR) is 72.1 cm³/mol. The van der Waals surface area contributed by atoms with Crippen molar-refractivity contribution >= 4 is 34.4 Å². The van der Waals surface area contributed by atoms with E-state index in [1.165, 1.54) is 0 Å². The lowest BCUT2D eigenvalue weighted by Gasteiger charge is -2.19. The Morgan fingerprint density at radius 1 is 1.20 bits per heavy atom. The number of halogens is 1. The zero-order chi connectivity index (χ0) is 11.4. The molecule has 2 N–H and O–H groups in total. The van der Waals surface area contributed by atoms with Gasteiger partial charge in [0.25, 0.3) is 0 Å². The number of anilines is 2. The van der Waals surface area contributed by atoms with Crippen LogP contribution in [0.4, 0.5) is 11.8 Å². The summed E-state index contributed by atoms with van der Waals surface area (Å²) in [4.78, 5) is 10.9. The number of nitrogens with zero attached hydrogens (tertiary/aromatic N) is 3. The highest BCUT2D eigenvalue weighted by Crippen LogP contribution is 2.20. The summed E-state index contributed by atoms with van der Waals surface area (Å²) in [6, 6.07) is 0. The van der Waals surface area contributed by atoms with E-state index in [4.69, 9.17) is 5.73 Å². The molecule has 0 aromatic carbocycles. The van der Waals surface area contributed by atoms with Crippen molar-refractivity contribution in [2.24, 2.45) is 0 Å². The van der Waals surface area contributed by atoms with E-state index in [1.807, 2.05) is 0 Å². The Morgan fingerprint density at radius 3 is 2.27 bits per heavy atom. The maximum Gasteiger partial charge on any atom is 0.227 e. The Balaban J connectivity index is 3.15. The molecular formula is C10H17IN4. The third-order valence-corrected chi connectivity index (χ3v) is 3.49. The highest BCUT2D eigenvalue weighted by molar-refractivity contribution is 14.1. The van der Waals surface area contributed by atoms with Crippen LogP contribution < -0.4 is 10.6 Å². The van der Waals surface area contributed by atoms with Gasteiger partial charge < -0.3 is 10.6 Å². The number of hydrogen-bond acceptors (Lipinski definition) is 4. The second-order valence-electron chi connectivity index (χ2n) is 3.20. The summed E-state index contributed by atoms with van der Waals surface area (Å²) in [5.74, 6) is 1.33. The quantitative estimate of drug-likeness (QED) is 0.863. The molecule has 0 spiro atoms. The minimum Gasteiger partial charge on any atom is -0.383 e. The van der Waals surface area contributed by atoms with Crippen LogP contribution in [0.15, 0.2) is 0 Å². The monoisotopic (exact) mass is 320 g/mol. The summed E-state index contributed by atoms with van der Waals surface area (Å²) >= 11 is 2.20. The summed E-state index contributed by atoms with van der Waals surface area (Å²) in [5.41, 5.74) is 6.89.